The average Bonchev–Trinajstić information content (AvgIpc) is 2.59. The molecule has 0 aliphatic carbocycles. The zero-order valence-corrected chi connectivity index (χ0v) is 10.7. The smallest absolute Gasteiger partial charge is 0.0931 e. The van der Waals surface area contributed by atoms with Crippen LogP contribution >= 0.6 is 22.9 Å². The highest BCUT2D eigenvalue weighted by Gasteiger charge is 2.10. The Hall–Kier alpha value is -0.0900. The van der Waals surface area contributed by atoms with Crippen molar-refractivity contribution in [2.75, 3.05) is 6.54 Å². The van der Waals surface area contributed by atoms with Crippen molar-refractivity contribution in [3.63, 3.8) is 0 Å². The highest BCUT2D eigenvalue weighted by Crippen LogP contribution is 2.28. The number of halogens is 1. The lowest BCUT2D eigenvalue weighted by molar-refractivity contribution is 0.182. The van der Waals surface area contributed by atoms with Crippen molar-refractivity contribution in [1.29, 1.82) is 0 Å². The van der Waals surface area contributed by atoms with Crippen LogP contribution in [0.15, 0.2) is 12.1 Å². The van der Waals surface area contributed by atoms with E-state index in [0.717, 1.165) is 23.7 Å². The molecule has 15 heavy (non-hydrogen) atoms. The lowest BCUT2D eigenvalue weighted by Gasteiger charge is -2.15. The second-order valence-corrected chi connectivity index (χ2v) is 5.44. The highest BCUT2D eigenvalue weighted by atomic mass is 35.5. The molecule has 0 aliphatic heterocycles. The minimum Gasteiger partial charge on any atom is -0.393 e. The average molecular weight is 248 g/mol. The summed E-state index contributed by atoms with van der Waals surface area (Å²) in [5.74, 6) is 0. The fourth-order valence-corrected chi connectivity index (χ4v) is 2.65. The summed E-state index contributed by atoms with van der Waals surface area (Å²) in [6.45, 7) is 4.80. The molecule has 86 valence electrons. The monoisotopic (exact) mass is 247 g/mol. The standard InChI is InChI=1S/C11H18ClNOS/c1-3-9(13-7-6-8(2)14)10-4-5-11(12)15-10/h4-5,8-9,13-14H,3,6-7H2,1-2H3. The number of aliphatic hydroxyl groups excluding tert-OH is 1. The molecule has 2 atom stereocenters. The van der Waals surface area contributed by atoms with Gasteiger partial charge in [0.2, 0.25) is 0 Å². The van der Waals surface area contributed by atoms with E-state index in [4.69, 9.17) is 16.7 Å². The molecule has 1 aromatic rings. The summed E-state index contributed by atoms with van der Waals surface area (Å²) >= 11 is 7.52. The van der Waals surface area contributed by atoms with Gasteiger partial charge in [0.15, 0.2) is 0 Å². The first-order chi connectivity index (χ1) is 7.13. The number of hydrogen-bond acceptors (Lipinski definition) is 3. The second-order valence-electron chi connectivity index (χ2n) is 3.69. The van der Waals surface area contributed by atoms with Gasteiger partial charge in [0.05, 0.1) is 10.4 Å². The van der Waals surface area contributed by atoms with Gasteiger partial charge < -0.3 is 10.4 Å². The Kier molecular flexibility index (Phi) is 5.61. The van der Waals surface area contributed by atoms with Crippen molar-refractivity contribution >= 4 is 22.9 Å². The Balaban J connectivity index is 2.42. The minimum absolute atomic E-state index is 0.234. The highest BCUT2D eigenvalue weighted by molar-refractivity contribution is 7.16. The molecule has 0 bridgehead atoms. The molecular formula is C11H18ClNOS. The number of thiophene rings is 1. The molecule has 0 spiro atoms. The van der Waals surface area contributed by atoms with E-state index < -0.39 is 0 Å². The third-order valence-corrected chi connectivity index (χ3v) is 3.64. The van der Waals surface area contributed by atoms with Gasteiger partial charge >= 0.3 is 0 Å². The molecule has 0 fully saturated rings. The molecule has 2 nitrogen and oxygen atoms in total. The normalized spacial score (nSPS) is 15.2. The van der Waals surface area contributed by atoms with Gasteiger partial charge in [-0.3, -0.25) is 0 Å². The van der Waals surface area contributed by atoms with E-state index in [1.165, 1.54) is 4.88 Å². The summed E-state index contributed by atoms with van der Waals surface area (Å²) in [6.07, 6.45) is 1.59. The Morgan fingerprint density at radius 3 is 2.73 bits per heavy atom. The van der Waals surface area contributed by atoms with Crippen LogP contribution in [0.3, 0.4) is 0 Å². The van der Waals surface area contributed by atoms with E-state index in [9.17, 15) is 0 Å². The van der Waals surface area contributed by atoms with Crippen molar-refractivity contribution in [1.82, 2.24) is 5.32 Å². The molecule has 0 saturated carbocycles. The van der Waals surface area contributed by atoms with Gasteiger partial charge in [0.1, 0.15) is 0 Å². The predicted octanol–water partition coefficient (Wildman–Crippen LogP) is 3.21. The summed E-state index contributed by atoms with van der Waals surface area (Å²) in [7, 11) is 0. The van der Waals surface area contributed by atoms with Crippen LogP contribution in [0.2, 0.25) is 4.34 Å². The molecule has 0 radical (unpaired) electrons. The van der Waals surface area contributed by atoms with Crippen LogP contribution in [0.25, 0.3) is 0 Å². The fraction of sp³-hybridized carbons (Fsp3) is 0.636. The van der Waals surface area contributed by atoms with E-state index in [1.54, 1.807) is 11.3 Å². The molecule has 0 amide bonds. The van der Waals surface area contributed by atoms with Gasteiger partial charge in [0.25, 0.3) is 0 Å². The van der Waals surface area contributed by atoms with Crippen LogP contribution in [-0.4, -0.2) is 17.8 Å². The van der Waals surface area contributed by atoms with Gasteiger partial charge in [0, 0.05) is 10.9 Å². The van der Waals surface area contributed by atoms with E-state index >= 15 is 0 Å². The molecule has 0 aromatic carbocycles. The summed E-state index contributed by atoms with van der Waals surface area (Å²) in [5, 5.41) is 12.6. The molecule has 1 aromatic heterocycles. The van der Waals surface area contributed by atoms with Gasteiger partial charge in [-0.1, -0.05) is 18.5 Å². The summed E-state index contributed by atoms with van der Waals surface area (Å²) in [4.78, 5) is 1.27. The third kappa shape index (κ3) is 4.51. The second kappa shape index (κ2) is 6.48. The SMILES string of the molecule is CCC(NCCC(C)O)c1ccc(Cl)s1. The topological polar surface area (TPSA) is 32.3 Å². The van der Waals surface area contributed by atoms with Crippen molar-refractivity contribution < 1.29 is 5.11 Å². The maximum Gasteiger partial charge on any atom is 0.0931 e. The lowest BCUT2D eigenvalue weighted by atomic mass is 10.2. The molecule has 2 unspecified atom stereocenters. The Bertz CT molecular complexity index is 288. The molecule has 0 saturated heterocycles. The van der Waals surface area contributed by atoms with Crippen molar-refractivity contribution in [2.45, 2.75) is 38.8 Å². The lowest BCUT2D eigenvalue weighted by Crippen LogP contribution is -2.23. The van der Waals surface area contributed by atoms with Crippen LogP contribution < -0.4 is 5.32 Å². The quantitative estimate of drug-likeness (QED) is 0.809. The first-order valence-corrected chi connectivity index (χ1v) is 6.49. The minimum atomic E-state index is -0.234. The number of aliphatic hydroxyl groups is 1. The van der Waals surface area contributed by atoms with Crippen LogP contribution in [0.5, 0.6) is 0 Å². The van der Waals surface area contributed by atoms with Gasteiger partial charge in [-0.05, 0) is 38.4 Å². The fourth-order valence-electron chi connectivity index (χ4n) is 1.43. The third-order valence-electron chi connectivity index (χ3n) is 2.30. The maximum atomic E-state index is 9.15. The van der Waals surface area contributed by atoms with Crippen molar-refractivity contribution in [3.8, 4) is 0 Å². The zero-order valence-electron chi connectivity index (χ0n) is 9.16. The first-order valence-electron chi connectivity index (χ1n) is 5.30. The predicted molar refractivity (Wildman–Crippen MR) is 66.7 cm³/mol. The Morgan fingerprint density at radius 2 is 2.27 bits per heavy atom. The van der Waals surface area contributed by atoms with Crippen LogP contribution in [0.4, 0.5) is 0 Å². The first kappa shape index (κ1) is 13.0. The van der Waals surface area contributed by atoms with Crippen LogP contribution in [-0.2, 0) is 0 Å². The molecule has 2 N–H and O–H groups in total. The van der Waals surface area contributed by atoms with Gasteiger partial charge in [-0.15, -0.1) is 11.3 Å². The number of rotatable bonds is 6. The van der Waals surface area contributed by atoms with Gasteiger partial charge in [-0.25, -0.2) is 0 Å². The summed E-state index contributed by atoms with van der Waals surface area (Å²) in [5.41, 5.74) is 0. The molecular weight excluding hydrogens is 230 g/mol. The summed E-state index contributed by atoms with van der Waals surface area (Å²) < 4.78 is 0.834. The van der Waals surface area contributed by atoms with Crippen LogP contribution in [0, 0.1) is 0 Å². The Labute approximate surface area is 100 Å². The molecule has 4 heteroatoms. The van der Waals surface area contributed by atoms with Crippen molar-refractivity contribution in [3.05, 3.63) is 21.3 Å². The largest absolute Gasteiger partial charge is 0.393 e. The van der Waals surface area contributed by atoms with Crippen LogP contribution in [0.1, 0.15) is 37.6 Å². The van der Waals surface area contributed by atoms with E-state index in [2.05, 4.69) is 18.3 Å². The van der Waals surface area contributed by atoms with E-state index in [0.29, 0.717) is 6.04 Å². The summed E-state index contributed by atoms with van der Waals surface area (Å²) in [6, 6.07) is 4.36. The van der Waals surface area contributed by atoms with Crippen molar-refractivity contribution in [2.24, 2.45) is 0 Å². The number of hydrogen-bond donors (Lipinski definition) is 2. The maximum absolute atomic E-state index is 9.15. The molecule has 1 heterocycles. The molecule has 0 aliphatic rings. The van der Waals surface area contributed by atoms with E-state index in [-0.39, 0.29) is 6.10 Å². The Morgan fingerprint density at radius 1 is 1.53 bits per heavy atom. The van der Waals surface area contributed by atoms with E-state index in [1.807, 2.05) is 13.0 Å². The van der Waals surface area contributed by atoms with Gasteiger partial charge in [-0.2, -0.15) is 0 Å². The zero-order chi connectivity index (χ0) is 11.3. The number of nitrogens with one attached hydrogen (secondary N) is 1. The molecule has 1 rings (SSSR count).